The summed E-state index contributed by atoms with van der Waals surface area (Å²) >= 11 is 0. The number of carbonyl (C=O) groups excluding carboxylic acids is 1. The normalized spacial score (nSPS) is 14.3. The molecular weight excluding hydrogens is 318 g/mol. The third-order valence-corrected chi connectivity index (χ3v) is 4.71. The molecule has 1 aliphatic heterocycles. The van der Waals surface area contributed by atoms with Gasteiger partial charge in [-0.15, -0.1) is 0 Å². The number of hydrogen-bond donors (Lipinski definition) is 0. The van der Waals surface area contributed by atoms with Gasteiger partial charge in [-0.25, -0.2) is 0 Å². The fourth-order valence-corrected chi connectivity index (χ4v) is 3.29. The Balaban J connectivity index is 1.33. The van der Waals surface area contributed by atoms with Crippen LogP contribution in [0, 0.1) is 0 Å². The van der Waals surface area contributed by atoms with E-state index in [0.29, 0.717) is 6.54 Å². The van der Waals surface area contributed by atoms with Crippen LogP contribution in [0.4, 0.5) is 0 Å². The molecule has 0 spiro atoms. The Kier molecular flexibility index (Phi) is 4.22. The molecule has 2 aliphatic rings. The second kappa shape index (κ2) is 6.67. The van der Waals surface area contributed by atoms with Crippen molar-refractivity contribution in [3.63, 3.8) is 0 Å². The average Bonchev–Trinajstić information content (AvgIpc) is 3.27. The van der Waals surface area contributed by atoms with E-state index in [9.17, 15) is 4.79 Å². The SMILES string of the molecule is CN(Cc1ccc2c(c1)OCO2)C(=O)COc1ccc2c(c1)CCC2. The third-order valence-electron chi connectivity index (χ3n) is 4.71. The van der Waals surface area contributed by atoms with Gasteiger partial charge >= 0.3 is 0 Å². The molecule has 2 aromatic rings. The number of nitrogens with zero attached hydrogens (tertiary/aromatic N) is 1. The minimum atomic E-state index is -0.0573. The van der Waals surface area contributed by atoms with Gasteiger partial charge in [-0.3, -0.25) is 4.79 Å². The number of aryl methyl sites for hydroxylation is 2. The molecule has 0 N–H and O–H groups in total. The van der Waals surface area contributed by atoms with E-state index in [1.807, 2.05) is 24.3 Å². The van der Waals surface area contributed by atoms with Gasteiger partial charge in [0.05, 0.1) is 0 Å². The van der Waals surface area contributed by atoms with Gasteiger partial charge < -0.3 is 19.1 Å². The lowest BCUT2D eigenvalue weighted by atomic mass is 10.1. The zero-order chi connectivity index (χ0) is 17.2. The second-order valence-electron chi connectivity index (χ2n) is 6.51. The van der Waals surface area contributed by atoms with Gasteiger partial charge in [0.1, 0.15) is 5.75 Å². The predicted octanol–water partition coefficient (Wildman–Crippen LogP) is 2.94. The highest BCUT2D eigenvalue weighted by Gasteiger charge is 2.16. The van der Waals surface area contributed by atoms with Gasteiger partial charge in [0.25, 0.3) is 5.91 Å². The summed E-state index contributed by atoms with van der Waals surface area (Å²) in [4.78, 5) is 14.0. The summed E-state index contributed by atoms with van der Waals surface area (Å²) in [6, 6.07) is 11.9. The number of hydrogen-bond acceptors (Lipinski definition) is 4. The molecule has 130 valence electrons. The van der Waals surface area contributed by atoms with Crippen molar-refractivity contribution in [2.24, 2.45) is 0 Å². The lowest BCUT2D eigenvalue weighted by Crippen LogP contribution is -2.30. The van der Waals surface area contributed by atoms with E-state index in [4.69, 9.17) is 14.2 Å². The zero-order valence-corrected chi connectivity index (χ0v) is 14.3. The maximum atomic E-state index is 12.3. The van der Waals surface area contributed by atoms with Crippen molar-refractivity contribution >= 4 is 5.91 Å². The molecule has 1 heterocycles. The second-order valence-corrected chi connectivity index (χ2v) is 6.51. The van der Waals surface area contributed by atoms with Crippen molar-refractivity contribution in [3.05, 3.63) is 53.1 Å². The fourth-order valence-electron chi connectivity index (χ4n) is 3.29. The minimum Gasteiger partial charge on any atom is -0.484 e. The molecule has 4 rings (SSSR count). The zero-order valence-electron chi connectivity index (χ0n) is 14.3. The Labute approximate surface area is 147 Å². The summed E-state index contributed by atoms with van der Waals surface area (Å²) in [7, 11) is 1.78. The van der Waals surface area contributed by atoms with E-state index >= 15 is 0 Å². The molecule has 1 amide bonds. The minimum absolute atomic E-state index is 0.0415. The van der Waals surface area contributed by atoms with E-state index in [-0.39, 0.29) is 19.3 Å². The number of fused-ring (bicyclic) bond motifs is 2. The van der Waals surface area contributed by atoms with Gasteiger partial charge in [-0.1, -0.05) is 12.1 Å². The van der Waals surface area contributed by atoms with E-state index in [1.54, 1.807) is 11.9 Å². The molecular formula is C20H21NO4. The quantitative estimate of drug-likeness (QED) is 0.840. The lowest BCUT2D eigenvalue weighted by Gasteiger charge is -2.18. The number of likely N-dealkylation sites (N-methyl/N-ethyl adjacent to an activating group) is 1. The Morgan fingerprint density at radius 3 is 2.84 bits per heavy atom. The largest absolute Gasteiger partial charge is 0.484 e. The topological polar surface area (TPSA) is 48.0 Å². The first-order chi connectivity index (χ1) is 12.2. The van der Waals surface area contributed by atoms with Crippen LogP contribution in [-0.4, -0.2) is 31.3 Å². The van der Waals surface area contributed by atoms with Crippen LogP contribution in [0.5, 0.6) is 17.2 Å². The summed E-state index contributed by atoms with van der Waals surface area (Å²) < 4.78 is 16.4. The number of amides is 1. The summed E-state index contributed by atoms with van der Waals surface area (Å²) in [5.74, 6) is 2.19. The van der Waals surface area contributed by atoms with Crippen LogP contribution < -0.4 is 14.2 Å². The highest BCUT2D eigenvalue weighted by Crippen LogP contribution is 2.32. The lowest BCUT2D eigenvalue weighted by molar-refractivity contribution is -0.132. The molecule has 0 bridgehead atoms. The smallest absolute Gasteiger partial charge is 0.260 e. The van der Waals surface area contributed by atoms with E-state index in [2.05, 4.69) is 12.1 Å². The van der Waals surface area contributed by atoms with Crippen LogP contribution in [0.2, 0.25) is 0 Å². The monoisotopic (exact) mass is 339 g/mol. The molecule has 0 fully saturated rings. The number of rotatable bonds is 5. The summed E-state index contributed by atoms with van der Waals surface area (Å²) in [6.45, 7) is 0.797. The van der Waals surface area contributed by atoms with E-state index in [1.165, 1.54) is 17.5 Å². The van der Waals surface area contributed by atoms with Crippen LogP contribution in [0.15, 0.2) is 36.4 Å². The van der Waals surface area contributed by atoms with Crippen LogP contribution >= 0.6 is 0 Å². The first-order valence-electron chi connectivity index (χ1n) is 8.56. The molecule has 0 unspecified atom stereocenters. The summed E-state index contributed by atoms with van der Waals surface area (Å²) in [6.07, 6.45) is 3.45. The predicted molar refractivity (Wildman–Crippen MR) is 93.0 cm³/mol. The molecule has 0 aromatic heterocycles. The first kappa shape index (κ1) is 15.8. The van der Waals surface area contributed by atoms with Gasteiger partial charge in [-0.05, 0) is 60.2 Å². The maximum Gasteiger partial charge on any atom is 0.260 e. The number of ether oxygens (including phenoxy) is 3. The van der Waals surface area contributed by atoms with Crippen LogP contribution in [0.1, 0.15) is 23.1 Å². The molecule has 1 aliphatic carbocycles. The molecule has 25 heavy (non-hydrogen) atoms. The first-order valence-corrected chi connectivity index (χ1v) is 8.56. The van der Waals surface area contributed by atoms with Gasteiger partial charge in [0.2, 0.25) is 6.79 Å². The highest BCUT2D eigenvalue weighted by molar-refractivity contribution is 5.77. The van der Waals surface area contributed by atoms with Crippen LogP contribution in [-0.2, 0) is 24.2 Å². The highest BCUT2D eigenvalue weighted by atomic mass is 16.7. The fraction of sp³-hybridized carbons (Fsp3) is 0.350. The Bertz CT molecular complexity index is 802. The number of carbonyl (C=O) groups is 1. The molecule has 5 nitrogen and oxygen atoms in total. The summed E-state index contributed by atoms with van der Waals surface area (Å²) in [5.41, 5.74) is 3.75. The molecule has 0 atom stereocenters. The van der Waals surface area contributed by atoms with Crippen molar-refractivity contribution in [3.8, 4) is 17.2 Å². The summed E-state index contributed by atoms with van der Waals surface area (Å²) in [5, 5.41) is 0. The maximum absolute atomic E-state index is 12.3. The van der Waals surface area contributed by atoms with E-state index < -0.39 is 0 Å². The van der Waals surface area contributed by atoms with Crippen molar-refractivity contribution in [1.29, 1.82) is 0 Å². The van der Waals surface area contributed by atoms with Crippen molar-refractivity contribution in [2.45, 2.75) is 25.8 Å². The van der Waals surface area contributed by atoms with Crippen molar-refractivity contribution in [2.75, 3.05) is 20.4 Å². The Morgan fingerprint density at radius 1 is 1.08 bits per heavy atom. The third kappa shape index (κ3) is 3.40. The molecule has 5 heteroatoms. The average molecular weight is 339 g/mol. The van der Waals surface area contributed by atoms with Gasteiger partial charge in [-0.2, -0.15) is 0 Å². The Morgan fingerprint density at radius 2 is 1.92 bits per heavy atom. The van der Waals surface area contributed by atoms with Crippen LogP contribution in [0.3, 0.4) is 0 Å². The van der Waals surface area contributed by atoms with Crippen molar-refractivity contribution < 1.29 is 19.0 Å². The molecule has 0 radical (unpaired) electrons. The Hall–Kier alpha value is -2.69. The number of benzene rings is 2. The van der Waals surface area contributed by atoms with E-state index in [0.717, 1.165) is 35.7 Å². The van der Waals surface area contributed by atoms with Gasteiger partial charge in [0, 0.05) is 13.6 Å². The molecule has 2 aromatic carbocycles. The van der Waals surface area contributed by atoms with Crippen LogP contribution in [0.25, 0.3) is 0 Å². The standard InChI is InChI=1S/C20H21NO4/c1-21(11-14-5-8-18-19(9-14)25-13-24-18)20(22)12-23-17-7-6-15-3-2-4-16(15)10-17/h5-10H,2-4,11-13H2,1H3. The molecule has 0 saturated carbocycles. The van der Waals surface area contributed by atoms with Crippen molar-refractivity contribution in [1.82, 2.24) is 4.90 Å². The van der Waals surface area contributed by atoms with Gasteiger partial charge in [0.15, 0.2) is 18.1 Å². The molecule has 0 saturated heterocycles.